The second-order valence-corrected chi connectivity index (χ2v) is 8.37. The van der Waals surface area contributed by atoms with Crippen molar-refractivity contribution < 1.29 is 19.5 Å². The number of carbonyl (C=O) groups is 3. The number of hydrogen-bond acceptors (Lipinski definition) is 3. The lowest BCUT2D eigenvalue weighted by Crippen LogP contribution is -2.44. The molecule has 1 atom stereocenters. The summed E-state index contributed by atoms with van der Waals surface area (Å²) in [6.45, 7) is 1.73. The van der Waals surface area contributed by atoms with Gasteiger partial charge in [0.1, 0.15) is 6.04 Å². The van der Waals surface area contributed by atoms with Gasteiger partial charge in [0.15, 0.2) is 0 Å². The third kappa shape index (κ3) is 3.81. The predicted octanol–water partition coefficient (Wildman–Crippen LogP) is 2.40. The summed E-state index contributed by atoms with van der Waals surface area (Å²) in [4.78, 5) is 40.2. The van der Waals surface area contributed by atoms with Crippen LogP contribution in [0.2, 0.25) is 0 Å². The van der Waals surface area contributed by atoms with E-state index in [1.807, 2.05) is 41.3 Å². The first-order valence-electron chi connectivity index (χ1n) is 10.0. The number of carboxylic acids is 1. The molecule has 6 nitrogen and oxygen atoms in total. The van der Waals surface area contributed by atoms with Gasteiger partial charge in [0.05, 0.1) is 0 Å². The summed E-state index contributed by atoms with van der Waals surface area (Å²) in [6.07, 6.45) is 7.17. The standard InChI is InChI=1S/C22H26N2O4/c25-19(9-6-16-4-2-1-3-5-16)23-12-10-22(11-13-23)14-18(21(27)28)24(15-22)20(26)17-7-8-17/h1-6,9,17-18H,7-8,10-15H2,(H,27,28)/b9-6+/t18-/m0/s1. The van der Waals surface area contributed by atoms with E-state index < -0.39 is 12.0 Å². The summed E-state index contributed by atoms with van der Waals surface area (Å²) < 4.78 is 0. The van der Waals surface area contributed by atoms with Crippen LogP contribution in [0.25, 0.3) is 6.08 Å². The van der Waals surface area contributed by atoms with Gasteiger partial charge in [0, 0.05) is 31.6 Å². The van der Waals surface area contributed by atoms with Crippen LogP contribution in [0.3, 0.4) is 0 Å². The molecule has 1 spiro atoms. The number of likely N-dealkylation sites (tertiary alicyclic amines) is 2. The number of nitrogens with zero attached hydrogens (tertiary/aromatic N) is 2. The van der Waals surface area contributed by atoms with Crippen molar-refractivity contribution in [3.8, 4) is 0 Å². The molecule has 1 aromatic carbocycles. The Morgan fingerprint density at radius 2 is 1.75 bits per heavy atom. The number of amides is 2. The van der Waals surface area contributed by atoms with Crippen LogP contribution in [-0.4, -0.2) is 58.4 Å². The number of hydrogen-bond donors (Lipinski definition) is 1. The van der Waals surface area contributed by atoms with Crippen molar-refractivity contribution in [1.82, 2.24) is 9.80 Å². The van der Waals surface area contributed by atoms with Crippen LogP contribution in [0.5, 0.6) is 0 Å². The van der Waals surface area contributed by atoms with Crippen molar-refractivity contribution in [1.29, 1.82) is 0 Å². The number of rotatable bonds is 4. The Morgan fingerprint density at radius 3 is 2.36 bits per heavy atom. The topological polar surface area (TPSA) is 77.9 Å². The van der Waals surface area contributed by atoms with Gasteiger partial charge in [-0.1, -0.05) is 30.3 Å². The molecular formula is C22H26N2O4. The van der Waals surface area contributed by atoms with Crippen molar-refractivity contribution in [2.24, 2.45) is 11.3 Å². The molecule has 0 unspecified atom stereocenters. The molecule has 0 radical (unpaired) electrons. The first-order valence-corrected chi connectivity index (χ1v) is 10.0. The van der Waals surface area contributed by atoms with Gasteiger partial charge in [-0.3, -0.25) is 9.59 Å². The van der Waals surface area contributed by atoms with Crippen LogP contribution < -0.4 is 0 Å². The van der Waals surface area contributed by atoms with Gasteiger partial charge in [0.25, 0.3) is 0 Å². The Bertz CT molecular complexity index is 792. The van der Waals surface area contributed by atoms with Gasteiger partial charge in [-0.25, -0.2) is 4.79 Å². The van der Waals surface area contributed by atoms with Gasteiger partial charge in [0.2, 0.25) is 11.8 Å². The highest BCUT2D eigenvalue weighted by Crippen LogP contribution is 2.45. The Hall–Kier alpha value is -2.63. The minimum atomic E-state index is -0.907. The minimum absolute atomic E-state index is 0.00794. The van der Waals surface area contributed by atoms with Gasteiger partial charge in [-0.15, -0.1) is 0 Å². The smallest absolute Gasteiger partial charge is 0.326 e. The zero-order chi connectivity index (χ0) is 19.7. The van der Waals surface area contributed by atoms with Crippen molar-refractivity contribution >= 4 is 23.9 Å². The molecule has 0 bridgehead atoms. The molecule has 28 heavy (non-hydrogen) atoms. The van der Waals surface area contributed by atoms with E-state index in [-0.39, 0.29) is 23.1 Å². The maximum absolute atomic E-state index is 12.5. The van der Waals surface area contributed by atoms with Gasteiger partial charge >= 0.3 is 5.97 Å². The Labute approximate surface area is 164 Å². The summed E-state index contributed by atoms with van der Waals surface area (Å²) >= 11 is 0. The zero-order valence-electron chi connectivity index (χ0n) is 15.9. The van der Waals surface area contributed by atoms with Crippen LogP contribution in [-0.2, 0) is 14.4 Å². The molecule has 1 aromatic rings. The van der Waals surface area contributed by atoms with Crippen molar-refractivity contribution in [2.45, 2.75) is 38.1 Å². The molecule has 2 saturated heterocycles. The van der Waals surface area contributed by atoms with Crippen molar-refractivity contribution in [2.75, 3.05) is 19.6 Å². The third-order valence-corrected chi connectivity index (χ3v) is 6.36. The van der Waals surface area contributed by atoms with Crippen LogP contribution in [0, 0.1) is 11.3 Å². The second kappa shape index (κ2) is 7.41. The van der Waals surface area contributed by atoms with E-state index in [0.717, 1.165) is 31.2 Å². The highest BCUT2D eigenvalue weighted by molar-refractivity contribution is 5.92. The van der Waals surface area contributed by atoms with E-state index in [0.29, 0.717) is 26.1 Å². The first kappa shape index (κ1) is 18.7. The number of aliphatic carboxylic acids is 1. The molecule has 2 heterocycles. The summed E-state index contributed by atoms with van der Waals surface area (Å²) in [5.74, 6) is -0.886. The lowest BCUT2D eigenvalue weighted by Gasteiger charge is -2.38. The van der Waals surface area contributed by atoms with E-state index in [1.54, 1.807) is 11.0 Å². The molecular weight excluding hydrogens is 356 g/mol. The van der Waals surface area contributed by atoms with Crippen molar-refractivity contribution in [3.63, 3.8) is 0 Å². The first-order chi connectivity index (χ1) is 13.5. The Balaban J connectivity index is 1.37. The van der Waals surface area contributed by atoms with E-state index in [2.05, 4.69) is 0 Å². The van der Waals surface area contributed by atoms with E-state index >= 15 is 0 Å². The molecule has 1 aliphatic carbocycles. The highest BCUT2D eigenvalue weighted by Gasteiger charge is 2.51. The molecule has 2 amide bonds. The van der Waals surface area contributed by atoms with E-state index in [4.69, 9.17) is 0 Å². The summed E-state index contributed by atoms with van der Waals surface area (Å²) in [5.41, 5.74) is 0.812. The fraction of sp³-hybridized carbons (Fsp3) is 0.500. The summed E-state index contributed by atoms with van der Waals surface area (Å²) in [6, 6.07) is 8.99. The number of carboxylic acid groups (broad SMARTS) is 1. The molecule has 3 aliphatic rings. The van der Waals surface area contributed by atoms with Crippen molar-refractivity contribution in [3.05, 3.63) is 42.0 Å². The number of piperidine rings is 1. The summed E-state index contributed by atoms with van der Waals surface area (Å²) in [7, 11) is 0. The largest absolute Gasteiger partial charge is 0.480 e. The molecule has 1 saturated carbocycles. The lowest BCUT2D eigenvalue weighted by atomic mass is 9.76. The monoisotopic (exact) mass is 382 g/mol. The summed E-state index contributed by atoms with van der Waals surface area (Å²) in [5, 5.41) is 9.60. The van der Waals surface area contributed by atoms with Crippen LogP contribution in [0.1, 0.15) is 37.7 Å². The Kier molecular flexibility index (Phi) is 4.96. The van der Waals surface area contributed by atoms with Gasteiger partial charge < -0.3 is 14.9 Å². The molecule has 6 heteroatoms. The zero-order valence-corrected chi connectivity index (χ0v) is 15.9. The molecule has 148 valence electrons. The Morgan fingerprint density at radius 1 is 1.07 bits per heavy atom. The molecule has 0 aromatic heterocycles. The molecule has 2 aliphatic heterocycles. The maximum atomic E-state index is 12.5. The number of benzene rings is 1. The van der Waals surface area contributed by atoms with Crippen LogP contribution in [0.15, 0.2) is 36.4 Å². The average Bonchev–Trinajstić information content (AvgIpc) is 3.49. The van der Waals surface area contributed by atoms with Gasteiger partial charge in [-0.05, 0) is 49.2 Å². The fourth-order valence-corrected chi connectivity index (χ4v) is 4.47. The van der Waals surface area contributed by atoms with Gasteiger partial charge in [-0.2, -0.15) is 0 Å². The van der Waals surface area contributed by atoms with Crippen LogP contribution in [0.4, 0.5) is 0 Å². The third-order valence-electron chi connectivity index (χ3n) is 6.36. The van der Waals surface area contributed by atoms with Crippen LogP contribution >= 0.6 is 0 Å². The minimum Gasteiger partial charge on any atom is -0.480 e. The highest BCUT2D eigenvalue weighted by atomic mass is 16.4. The average molecular weight is 382 g/mol. The molecule has 3 fully saturated rings. The quantitative estimate of drug-likeness (QED) is 0.811. The fourth-order valence-electron chi connectivity index (χ4n) is 4.47. The second-order valence-electron chi connectivity index (χ2n) is 8.37. The molecule has 4 rings (SSSR count). The van der Waals surface area contributed by atoms with E-state index in [9.17, 15) is 19.5 Å². The predicted molar refractivity (Wildman–Crippen MR) is 104 cm³/mol. The number of carbonyl (C=O) groups excluding carboxylic acids is 2. The maximum Gasteiger partial charge on any atom is 0.326 e. The van der Waals surface area contributed by atoms with E-state index in [1.165, 1.54) is 0 Å². The normalized spacial score (nSPS) is 24.1. The molecule has 1 N–H and O–H groups in total. The SMILES string of the molecule is O=C(O)[C@@H]1CC2(CCN(C(=O)/C=C/c3ccccc3)CC2)CN1C(=O)C1CC1. The lowest BCUT2D eigenvalue weighted by molar-refractivity contribution is -0.148.